The summed E-state index contributed by atoms with van der Waals surface area (Å²) in [5, 5.41) is 12.2. The average Bonchev–Trinajstić information content (AvgIpc) is 2.73. The number of amides is 1. The van der Waals surface area contributed by atoms with Crippen LogP contribution in [0.4, 0.5) is 0 Å². The van der Waals surface area contributed by atoms with Gasteiger partial charge in [0.05, 0.1) is 13.5 Å². The van der Waals surface area contributed by atoms with Crippen molar-refractivity contribution < 1.29 is 19.4 Å². The van der Waals surface area contributed by atoms with E-state index in [1.807, 2.05) is 48.5 Å². The second kappa shape index (κ2) is 9.46. The van der Waals surface area contributed by atoms with Crippen molar-refractivity contribution in [3.05, 3.63) is 89.5 Å². The first-order chi connectivity index (χ1) is 13.6. The molecule has 3 aromatic rings. The van der Waals surface area contributed by atoms with Gasteiger partial charge in [0.2, 0.25) is 5.91 Å². The summed E-state index contributed by atoms with van der Waals surface area (Å²) in [7, 11) is 1.60. The van der Waals surface area contributed by atoms with Gasteiger partial charge in [0.25, 0.3) is 0 Å². The minimum absolute atomic E-state index is 0.0888. The SMILES string of the molecule is COc1cc(CNC(=O)Cc2ccc(O)cc2)ccc1OCc1ccccc1. The number of carbonyl (C=O) groups is 1. The second-order valence-corrected chi connectivity index (χ2v) is 6.38. The van der Waals surface area contributed by atoms with Crippen molar-refractivity contribution in [1.82, 2.24) is 5.32 Å². The standard InChI is InChI=1S/C23H23NO4/c1-27-22-13-19(9-12-21(22)28-16-18-5-3-2-4-6-18)15-24-23(26)14-17-7-10-20(25)11-8-17/h2-13,25H,14-16H2,1H3,(H,24,26). The molecule has 5 nitrogen and oxygen atoms in total. The monoisotopic (exact) mass is 377 g/mol. The lowest BCUT2D eigenvalue weighted by atomic mass is 10.1. The topological polar surface area (TPSA) is 67.8 Å². The van der Waals surface area contributed by atoms with Crippen LogP contribution in [0.1, 0.15) is 16.7 Å². The Bertz CT molecular complexity index is 908. The molecule has 0 aliphatic carbocycles. The summed E-state index contributed by atoms with van der Waals surface area (Å²) in [4.78, 5) is 12.1. The van der Waals surface area contributed by atoms with Crippen LogP contribution in [-0.2, 0) is 24.4 Å². The Morgan fingerprint density at radius 3 is 2.32 bits per heavy atom. The molecule has 1 amide bonds. The van der Waals surface area contributed by atoms with Gasteiger partial charge in [-0.25, -0.2) is 0 Å². The first-order valence-electron chi connectivity index (χ1n) is 9.02. The molecule has 144 valence electrons. The van der Waals surface area contributed by atoms with Gasteiger partial charge in [0.1, 0.15) is 12.4 Å². The van der Waals surface area contributed by atoms with Crippen molar-refractivity contribution in [2.24, 2.45) is 0 Å². The molecular weight excluding hydrogens is 354 g/mol. The number of rotatable bonds is 8. The number of aromatic hydroxyl groups is 1. The molecule has 3 aromatic carbocycles. The Kier molecular flexibility index (Phi) is 6.52. The van der Waals surface area contributed by atoms with Gasteiger partial charge < -0.3 is 19.9 Å². The van der Waals surface area contributed by atoms with Crippen LogP contribution in [0.2, 0.25) is 0 Å². The van der Waals surface area contributed by atoms with E-state index in [4.69, 9.17) is 9.47 Å². The molecule has 0 heterocycles. The normalized spacial score (nSPS) is 10.3. The summed E-state index contributed by atoms with van der Waals surface area (Å²) >= 11 is 0. The minimum Gasteiger partial charge on any atom is -0.508 e. The molecule has 0 aromatic heterocycles. The van der Waals surface area contributed by atoms with E-state index >= 15 is 0 Å². The lowest BCUT2D eigenvalue weighted by Gasteiger charge is -2.13. The minimum atomic E-state index is -0.0888. The molecule has 5 heteroatoms. The molecule has 0 saturated heterocycles. The number of phenols is 1. The zero-order chi connectivity index (χ0) is 19.8. The molecule has 2 N–H and O–H groups in total. The van der Waals surface area contributed by atoms with Crippen LogP contribution in [0, 0.1) is 0 Å². The highest BCUT2D eigenvalue weighted by Gasteiger charge is 2.08. The fourth-order valence-electron chi connectivity index (χ4n) is 2.74. The highest BCUT2D eigenvalue weighted by atomic mass is 16.5. The lowest BCUT2D eigenvalue weighted by Crippen LogP contribution is -2.24. The Morgan fingerprint density at radius 2 is 1.61 bits per heavy atom. The molecule has 0 saturated carbocycles. The molecule has 0 radical (unpaired) electrons. The van der Waals surface area contributed by atoms with Gasteiger partial charge in [0.15, 0.2) is 11.5 Å². The predicted octanol–water partition coefficient (Wildman–Crippen LogP) is 3.84. The Balaban J connectivity index is 1.55. The molecule has 0 spiro atoms. The van der Waals surface area contributed by atoms with E-state index in [0.717, 1.165) is 16.7 Å². The van der Waals surface area contributed by atoms with Crippen LogP contribution in [-0.4, -0.2) is 18.1 Å². The first kappa shape index (κ1) is 19.3. The van der Waals surface area contributed by atoms with Gasteiger partial charge in [-0.2, -0.15) is 0 Å². The third kappa shape index (κ3) is 5.51. The zero-order valence-electron chi connectivity index (χ0n) is 15.7. The maximum absolute atomic E-state index is 12.1. The summed E-state index contributed by atoms with van der Waals surface area (Å²) in [6.07, 6.45) is 0.260. The Labute approximate surface area is 164 Å². The number of phenolic OH excluding ortho intramolecular Hbond substituents is 1. The van der Waals surface area contributed by atoms with E-state index in [0.29, 0.717) is 24.7 Å². The number of methoxy groups -OCH3 is 1. The van der Waals surface area contributed by atoms with Gasteiger partial charge in [0, 0.05) is 6.54 Å². The average molecular weight is 377 g/mol. The predicted molar refractivity (Wildman–Crippen MR) is 107 cm³/mol. The van der Waals surface area contributed by atoms with Gasteiger partial charge in [-0.1, -0.05) is 48.5 Å². The zero-order valence-corrected chi connectivity index (χ0v) is 15.7. The van der Waals surface area contributed by atoms with Gasteiger partial charge in [-0.15, -0.1) is 0 Å². The maximum atomic E-state index is 12.1. The van der Waals surface area contributed by atoms with Crippen molar-refractivity contribution in [2.75, 3.05) is 7.11 Å². The number of hydrogen-bond donors (Lipinski definition) is 2. The second-order valence-electron chi connectivity index (χ2n) is 6.38. The highest BCUT2D eigenvalue weighted by Crippen LogP contribution is 2.28. The van der Waals surface area contributed by atoms with Crippen molar-refractivity contribution in [1.29, 1.82) is 0 Å². The molecule has 0 unspecified atom stereocenters. The smallest absolute Gasteiger partial charge is 0.224 e. The van der Waals surface area contributed by atoms with E-state index in [1.54, 1.807) is 31.4 Å². The van der Waals surface area contributed by atoms with Crippen molar-refractivity contribution in [3.8, 4) is 17.2 Å². The number of ether oxygens (including phenoxy) is 2. The van der Waals surface area contributed by atoms with Crippen molar-refractivity contribution in [2.45, 2.75) is 19.6 Å². The van der Waals surface area contributed by atoms with E-state index in [1.165, 1.54) is 0 Å². The molecule has 28 heavy (non-hydrogen) atoms. The number of benzene rings is 3. The third-order valence-corrected chi connectivity index (χ3v) is 4.26. The number of nitrogens with one attached hydrogen (secondary N) is 1. The molecule has 0 aliphatic rings. The molecule has 3 rings (SSSR count). The third-order valence-electron chi connectivity index (χ3n) is 4.26. The fraction of sp³-hybridized carbons (Fsp3) is 0.174. The van der Waals surface area contributed by atoms with Crippen molar-refractivity contribution in [3.63, 3.8) is 0 Å². The summed E-state index contributed by atoms with van der Waals surface area (Å²) < 4.78 is 11.3. The van der Waals surface area contributed by atoms with Crippen LogP contribution < -0.4 is 14.8 Å². The van der Waals surface area contributed by atoms with Crippen LogP contribution in [0.5, 0.6) is 17.2 Å². The summed E-state index contributed by atoms with van der Waals surface area (Å²) in [6.45, 7) is 0.853. The first-order valence-corrected chi connectivity index (χ1v) is 9.02. The molecule has 0 fully saturated rings. The molecule has 0 bridgehead atoms. The number of carbonyl (C=O) groups excluding carboxylic acids is 1. The number of hydrogen-bond acceptors (Lipinski definition) is 4. The molecule has 0 aliphatic heterocycles. The Hall–Kier alpha value is -3.47. The van der Waals surface area contributed by atoms with Crippen LogP contribution in [0.25, 0.3) is 0 Å². The van der Waals surface area contributed by atoms with Crippen LogP contribution >= 0.6 is 0 Å². The largest absolute Gasteiger partial charge is 0.508 e. The summed E-state index contributed by atoms with van der Waals surface area (Å²) in [5.41, 5.74) is 2.84. The maximum Gasteiger partial charge on any atom is 0.224 e. The van der Waals surface area contributed by atoms with Crippen molar-refractivity contribution >= 4 is 5.91 Å². The van der Waals surface area contributed by atoms with Gasteiger partial charge >= 0.3 is 0 Å². The lowest BCUT2D eigenvalue weighted by molar-refractivity contribution is -0.120. The van der Waals surface area contributed by atoms with Crippen LogP contribution in [0.3, 0.4) is 0 Å². The van der Waals surface area contributed by atoms with Gasteiger partial charge in [-0.05, 0) is 41.0 Å². The Morgan fingerprint density at radius 1 is 0.893 bits per heavy atom. The van der Waals surface area contributed by atoms with E-state index in [-0.39, 0.29) is 18.1 Å². The van der Waals surface area contributed by atoms with E-state index in [2.05, 4.69) is 5.32 Å². The quantitative estimate of drug-likeness (QED) is 0.626. The van der Waals surface area contributed by atoms with Gasteiger partial charge in [-0.3, -0.25) is 4.79 Å². The molecule has 0 atom stereocenters. The van der Waals surface area contributed by atoms with Crippen LogP contribution in [0.15, 0.2) is 72.8 Å². The van der Waals surface area contributed by atoms with E-state index < -0.39 is 0 Å². The van der Waals surface area contributed by atoms with E-state index in [9.17, 15) is 9.90 Å². The summed E-state index contributed by atoms with van der Waals surface area (Å²) in [6, 6.07) is 22.1. The molecular formula is C23H23NO4. The summed E-state index contributed by atoms with van der Waals surface area (Å²) in [5.74, 6) is 1.38. The fourth-order valence-corrected chi connectivity index (χ4v) is 2.74. The highest BCUT2D eigenvalue weighted by molar-refractivity contribution is 5.78.